The lowest BCUT2D eigenvalue weighted by Crippen LogP contribution is -2.32. The number of aromatic nitrogens is 2. The molecule has 0 amide bonds. The maximum Gasteiger partial charge on any atom is 0.287 e. The molecule has 1 aliphatic rings. The fourth-order valence-electron chi connectivity index (χ4n) is 2.24. The molecule has 6 heteroatoms. The molecule has 0 radical (unpaired) electrons. The fraction of sp³-hybridized carbons (Fsp3) is 0.667. The van der Waals surface area contributed by atoms with Crippen molar-refractivity contribution < 1.29 is 0 Å². The van der Waals surface area contributed by atoms with Crippen molar-refractivity contribution in [3.8, 4) is 0 Å². The highest BCUT2D eigenvalue weighted by Gasteiger charge is 2.24. The van der Waals surface area contributed by atoms with Crippen molar-refractivity contribution in [3.05, 3.63) is 21.6 Å². The molecule has 1 atom stereocenters. The molecule has 100 valence electrons. The third kappa shape index (κ3) is 2.37. The van der Waals surface area contributed by atoms with Gasteiger partial charge in [0.05, 0.1) is 17.9 Å². The van der Waals surface area contributed by atoms with Crippen molar-refractivity contribution >= 4 is 17.3 Å². The summed E-state index contributed by atoms with van der Waals surface area (Å²) >= 11 is 6.18. The second-order valence-electron chi connectivity index (χ2n) is 4.91. The van der Waals surface area contributed by atoms with Crippen LogP contribution in [0.2, 0.25) is 5.02 Å². The lowest BCUT2D eigenvalue weighted by Gasteiger charge is -2.20. The van der Waals surface area contributed by atoms with E-state index in [1.54, 1.807) is 6.20 Å². The van der Waals surface area contributed by atoms with E-state index in [1.165, 1.54) is 4.68 Å². The molecule has 2 rings (SSSR count). The molecule has 1 N–H and O–H groups in total. The Bertz CT molecular complexity index is 485. The van der Waals surface area contributed by atoms with Crippen LogP contribution in [0.5, 0.6) is 0 Å². The number of anilines is 1. The first-order valence-electron chi connectivity index (χ1n) is 6.24. The van der Waals surface area contributed by atoms with Crippen molar-refractivity contribution in [2.45, 2.75) is 32.4 Å². The van der Waals surface area contributed by atoms with Gasteiger partial charge in [0.25, 0.3) is 5.56 Å². The number of hydrogen-bond donors (Lipinski definition) is 1. The topological polar surface area (TPSA) is 50.2 Å². The monoisotopic (exact) mass is 270 g/mol. The third-order valence-corrected chi connectivity index (χ3v) is 3.71. The molecule has 18 heavy (non-hydrogen) atoms. The van der Waals surface area contributed by atoms with Gasteiger partial charge in [0.15, 0.2) is 0 Å². The van der Waals surface area contributed by atoms with Gasteiger partial charge < -0.3 is 10.2 Å². The van der Waals surface area contributed by atoms with E-state index in [-0.39, 0.29) is 16.6 Å². The van der Waals surface area contributed by atoms with Gasteiger partial charge in [-0.15, -0.1) is 0 Å². The summed E-state index contributed by atoms with van der Waals surface area (Å²) in [6.45, 7) is 5.59. The highest BCUT2D eigenvalue weighted by Crippen LogP contribution is 2.25. The SMILES string of the molecule is CNC1CCN(c2cnn(C(C)C)c(=O)c2Cl)C1. The zero-order valence-corrected chi connectivity index (χ0v) is 11.7. The second-order valence-corrected chi connectivity index (χ2v) is 5.29. The van der Waals surface area contributed by atoms with Crippen LogP contribution in [0.3, 0.4) is 0 Å². The molecule has 1 unspecified atom stereocenters. The minimum Gasteiger partial charge on any atom is -0.367 e. The Morgan fingerprint density at radius 2 is 2.28 bits per heavy atom. The first-order chi connectivity index (χ1) is 8.54. The largest absolute Gasteiger partial charge is 0.367 e. The predicted molar refractivity (Wildman–Crippen MR) is 73.6 cm³/mol. The lowest BCUT2D eigenvalue weighted by molar-refractivity contribution is 0.502. The molecule has 1 saturated heterocycles. The first kappa shape index (κ1) is 13.4. The number of rotatable bonds is 3. The van der Waals surface area contributed by atoms with Crippen molar-refractivity contribution in [1.82, 2.24) is 15.1 Å². The predicted octanol–water partition coefficient (Wildman–Crippen LogP) is 1.28. The zero-order valence-electron chi connectivity index (χ0n) is 11.0. The van der Waals surface area contributed by atoms with Gasteiger partial charge >= 0.3 is 0 Å². The van der Waals surface area contributed by atoms with E-state index in [4.69, 9.17) is 11.6 Å². The summed E-state index contributed by atoms with van der Waals surface area (Å²) in [6, 6.07) is 0.473. The van der Waals surface area contributed by atoms with Crippen molar-refractivity contribution in [1.29, 1.82) is 0 Å². The van der Waals surface area contributed by atoms with Gasteiger partial charge in [-0.25, -0.2) is 4.68 Å². The Balaban J connectivity index is 2.31. The number of nitrogens with zero attached hydrogens (tertiary/aromatic N) is 3. The van der Waals surface area contributed by atoms with Gasteiger partial charge in [0.1, 0.15) is 5.02 Å². The summed E-state index contributed by atoms with van der Waals surface area (Å²) in [7, 11) is 1.95. The zero-order chi connectivity index (χ0) is 13.3. The van der Waals surface area contributed by atoms with E-state index in [2.05, 4.69) is 15.3 Å². The molecule has 2 heterocycles. The van der Waals surface area contributed by atoms with Gasteiger partial charge in [-0.05, 0) is 27.3 Å². The number of likely N-dealkylation sites (N-methyl/N-ethyl adjacent to an activating group) is 1. The maximum atomic E-state index is 12.1. The van der Waals surface area contributed by atoms with Gasteiger partial charge in [-0.2, -0.15) is 5.10 Å². The smallest absolute Gasteiger partial charge is 0.287 e. The Labute approximate surface area is 112 Å². The average molecular weight is 271 g/mol. The molecule has 5 nitrogen and oxygen atoms in total. The molecule has 0 bridgehead atoms. The van der Waals surface area contributed by atoms with Crippen LogP contribution < -0.4 is 15.8 Å². The fourth-order valence-corrected chi connectivity index (χ4v) is 2.49. The van der Waals surface area contributed by atoms with Crippen LogP contribution in [0.4, 0.5) is 5.69 Å². The summed E-state index contributed by atoms with van der Waals surface area (Å²) in [5.41, 5.74) is 0.536. The van der Waals surface area contributed by atoms with Crippen LogP contribution in [-0.4, -0.2) is 36.0 Å². The van der Waals surface area contributed by atoms with Gasteiger partial charge in [0.2, 0.25) is 0 Å². The van der Waals surface area contributed by atoms with Crippen molar-refractivity contribution in [2.75, 3.05) is 25.0 Å². The summed E-state index contributed by atoms with van der Waals surface area (Å²) in [4.78, 5) is 14.2. The van der Waals surface area contributed by atoms with Gasteiger partial charge in [-0.1, -0.05) is 11.6 Å². The first-order valence-corrected chi connectivity index (χ1v) is 6.62. The Kier molecular flexibility index (Phi) is 3.92. The van der Waals surface area contributed by atoms with Crippen LogP contribution in [0.25, 0.3) is 0 Å². The van der Waals surface area contributed by atoms with Crippen LogP contribution in [0, 0.1) is 0 Å². The average Bonchev–Trinajstić information content (AvgIpc) is 2.80. The Morgan fingerprint density at radius 1 is 1.56 bits per heavy atom. The molecule has 0 aromatic carbocycles. The summed E-state index contributed by atoms with van der Waals surface area (Å²) in [6.07, 6.45) is 2.75. The van der Waals surface area contributed by atoms with Crippen molar-refractivity contribution in [3.63, 3.8) is 0 Å². The number of nitrogens with one attached hydrogen (secondary N) is 1. The van der Waals surface area contributed by atoms with Gasteiger partial charge in [-0.3, -0.25) is 4.79 Å². The minimum absolute atomic E-state index is 0.0210. The highest BCUT2D eigenvalue weighted by atomic mass is 35.5. The van der Waals surface area contributed by atoms with Crippen molar-refractivity contribution in [2.24, 2.45) is 0 Å². The molecular weight excluding hydrogens is 252 g/mol. The summed E-state index contributed by atoms with van der Waals surface area (Å²) in [5, 5.41) is 7.70. The second kappa shape index (κ2) is 5.28. The molecule has 0 aliphatic carbocycles. The maximum absolute atomic E-state index is 12.1. The van der Waals surface area contributed by atoms with E-state index in [1.807, 2.05) is 20.9 Å². The van der Waals surface area contributed by atoms with Crippen LogP contribution in [0.15, 0.2) is 11.0 Å². The Hall–Kier alpha value is -1.07. The minimum atomic E-state index is -0.211. The quantitative estimate of drug-likeness (QED) is 0.899. The van der Waals surface area contributed by atoms with Crippen LogP contribution in [0.1, 0.15) is 26.3 Å². The van der Waals surface area contributed by atoms with Crippen LogP contribution in [-0.2, 0) is 0 Å². The van der Waals surface area contributed by atoms with Gasteiger partial charge in [0, 0.05) is 19.1 Å². The summed E-state index contributed by atoms with van der Waals surface area (Å²) < 4.78 is 1.41. The summed E-state index contributed by atoms with van der Waals surface area (Å²) in [5.74, 6) is 0. The highest BCUT2D eigenvalue weighted by molar-refractivity contribution is 6.33. The van der Waals surface area contributed by atoms with E-state index in [9.17, 15) is 4.79 Å². The van der Waals surface area contributed by atoms with E-state index >= 15 is 0 Å². The number of hydrogen-bond acceptors (Lipinski definition) is 4. The third-order valence-electron chi connectivity index (χ3n) is 3.35. The standard InChI is InChI=1S/C12H19ClN4O/c1-8(2)17-12(18)11(13)10(6-15-17)16-5-4-9(7-16)14-3/h6,8-9,14H,4-5,7H2,1-3H3. The lowest BCUT2D eigenvalue weighted by atomic mass is 10.3. The molecule has 1 aromatic rings. The van der Waals surface area contributed by atoms with E-state index in [0.29, 0.717) is 6.04 Å². The van der Waals surface area contributed by atoms with Crippen LogP contribution >= 0.6 is 11.6 Å². The molecular formula is C12H19ClN4O. The Morgan fingerprint density at radius 3 is 2.83 bits per heavy atom. The van der Waals surface area contributed by atoms with E-state index < -0.39 is 0 Å². The molecule has 0 spiro atoms. The molecule has 1 aliphatic heterocycles. The van der Waals surface area contributed by atoms with E-state index in [0.717, 1.165) is 25.2 Å². The molecule has 1 aromatic heterocycles. The molecule has 0 saturated carbocycles. The number of halogens is 1. The molecule has 1 fully saturated rings. The normalized spacial score (nSPS) is 19.8.